The first-order valence-electron chi connectivity index (χ1n) is 6.54. The average molecular weight is 213 g/mol. The van der Waals surface area contributed by atoms with E-state index in [1.165, 1.54) is 12.8 Å². The lowest BCUT2D eigenvalue weighted by Gasteiger charge is -2.22. The second kappa shape index (κ2) is 10.0. The minimum Gasteiger partial charge on any atom is -0.343 e. The van der Waals surface area contributed by atoms with Crippen LogP contribution in [0, 0.1) is 0 Å². The lowest BCUT2D eigenvalue weighted by atomic mass is 10.2. The number of hydrogen-bond donors (Lipinski definition) is 0. The van der Waals surface area contributed by atoms with Crippen molar-refractivity contribution in [2.24, 2.45) is 0 Å². The second-order valence-electron chi connectivity index (χ2n) is 4.19. The smallest absolute Gasteiger partial charge is 0.222 e. The molecule has 0 bridgehead atoms. The van der Waals surface area contributed by atoms with E-state index in [2.05, 4.69) is 25.7 Å². The fraction of sp³-hybridized carbons (Fsp3) is 0.923. The summed E-state index contributed by atoms with van der Waals surface area (Å²) in [5.41, 5.74) is 0. The Morgan fingerprint density at radius 3 is 1.73 bits per heavy atom. The summed E-state index contributed by atoms with van der Waals surface area (Å²) in [6.45, 7) is 8.40. The molecule has 0 saturated heterocycles. The molecule has 0 unspecified atom stereocenters. The highest BCUT2D eigenvalue weighted by Crippen LogP contribution is 2.05. The summed E-state index contributed by atoms with van der Waals surface area (Å²) >= 11 is 0. The van der Waals surface area contributed by atoms with Gasteiger partial charge in [0.1, 0.15) is 0 Å². The molecule has 1 amide bonds. The molecule has 0 aromatic rings. The summed E-state index contributed by atoms with van der Waals surface area (Å²) in [6.07, 6.45) is 7.51. The zero-order valence-corrected chi connectivity index (χ0v) is 10.7. The molecule has 0 aliphatic carbocycles. The molecule has 15 heavy (non-hydrogen) atoms. The van der Waals surface area contributed by atoms with E-state index in [1.54, 1.807) is 0 Å². The molecule has 0 aromatic heterocycles. The average Bonchev–Trinajstić information content (AvgIpc) is 2.26. The van der Waals surface area contributed by atoms with E-state index in [0.717, 1.165) is 45.2 Å². The van der Waals surface area contributed by atoms with Crippen molar-refractivity contribution in [3.63, 3.8) is 0 Å². The number of rotatable bonds is 9. The Morgan fingerprint density at radius 1 is 0.867 bits per heavy atom. The maximum Gasteiger partial charge on any atom is 0.222 e. The molecule has 0 saturated carbocycles. The van der Waals surface area contributed by atoms with Gasteiger partial charge in [0.25, 0.3) is 0 Å². The Bertz CT molecular complexity index is 149. The van der Waals surface area contributed by atoms with Crippen LogP contribution in [0.3, 0.4) is 0 Å². The van der Waals surface area contributed by atoms with Crippen molar-refractivity contribution in [2.45, 2.75) is 65.7 Å². The van der Waals surface area contributed by atoms with E-state index < -0.39 is 0 Å². The van der Waals surface area contributed by atoms with Gasteiger partial charge in [-0.2, -0.15) is 0 Å². The molecule has 0 aromatic carbocycles. The van der Waals surface area contributed by atoms with Gasteiger partial charge >= 0.3 is 0 Å². The molecule has 0 radical (unpaired) electrons. The molecular weight excluding hydrogens is 186 g/mol. The van der Waals surface area contributed by atoms with Crippen LogP contribution in [0.2, 0.25) is 0 Å². The van der Waals surface area contributed by atoms with Gasteiger partial charge in [0.2, 0.25) is 5.91 Å². The highest BCUT2D eigenvalue weighted by molar-refractivity contribution is 5.76. The largest absolute Gasteiger partial charge is 0.343 e. The van der Waals surface area contributed by atoms with Crippen molar-refractivity contribution in [1.29, 1.82) is 0 Å². The van der Waals surface area contributed by atoms with E-state index in [0.29, 0.717) is 5.91 Å². The van der Waals surface area contributed by atoms with E-state index in [9.17, 15) is 4.79 Å². The minimum absolute atomic E-state index is 0.360. The highest BCUT2D eigenvalue weighted by Gasteiger charge is 2.10. The van der Waals surface area contributed by atoms with E-state index in [-0.39, 0.29) is 0 Å². The van der Waals surface area contributed by atoms with Crippen LogP contribution < -0.4 is 0 Å². The molecule has 90 valence electrons. The molecule has 0 fully saturated rings. The number of amides is 1. The van der Waals surface area contributed by atoms with Crippen molar-refractivity contribution in [3.05, 3.63) is 0 Å². The van der Waals surface area contributed by atoms with Gasteiger partial charge in [-0.3, -0.25) is 4.79 Å². The van der Waals surface area contributed by atoms with Crippen LogP contribution in [0.4, 0.5) is 0 Å². The van der Waals surface area contributed by atoms with Gasteiger partial charge in [-0.1, -0.05) is 40.0 Å². The summed E-state index contributed by atoms with van der Waals surface area (Å²) < 4.78 is 0. The zero-order valence-electron chi connectivity index (χ0n) is 10.7. The molecule has 0 aliphatic heterocycles. The zero-order chi connectivity index (χ0) is 11.5. The molecule has 0 atom stereocenters. The molecule has 0 spiro atoms. The first-order valence-corrected chi connectivity index (χ1v) is 6.54. The topological polar surface area (TPSA) is 20.3 Å². The summed E-state index contributed by atoms with van der Waals surface area (Å²) in [5.74, 6) is 0.360. The normalized spacial score (nSPS) is 10.3. The van der Waals surface area contributed by atoms with Gasteiger partial charge in [-0.15, -0.1) is 0 Å². The first-order chi connectivity index (χ1) is 7.26. The Hall–Kier alpha value is -0.530. The van der Waals surface area contributed by atoms with Crippen molar-refractivity contribution >= 4 is 5.91 Å². The number of nitrogens with zero attached hydrogens (tertiary/aromatic N) is 1. The monoisotopic (exact) mass is 213 g/mol. The van der Waals surface area contributed by atoms with Crippen LogP contribution in [-0.4, -0.2) is 23.9 Å². The molecule has 0 aliphatic rings. The van der Waals surface area contributed by atoms with Crippen LogP contribution in [0.15, 0.2) is 0 Å². The number of unbranched alkanes of at least 4 members (excludes halogenated alkanes) is 3. The Balaban J connectivity index is 3.90. The second-order valence-corrected chi connectivity index (χ2v) is 4.19. The molecular formula is C13H27NO. The number of hydrogen-bond acceptors (Lipinski definition) is 1. The quantitative estimate of drug-likeness (QED) is 0.573. The molecule has 2 nitrogen and oxygen atoms in total. The van der Waals surface area contributed by atoms with Crippen LogP contribution in [-0.2, 0) is 4.79 Å². The Morgan fingerprint density at radius 2 is 1.33 bits per heavy atom. The van der Waals surface area contributed by atoms with Gasteiger partial charge in [0.05, 0.1) is 0 Å². The summed E-state index contributed by atoms with van der Waals surface area (Å²) in [5, 5.41) is 0. The van der Waals surface area contributed by atoms with Crippen molar-refractivity contribution < 1.29 is 4.79 Å². The van der Waals surface area contributed by atoms with Gasteiger partial charge in [-0.25, -0.2) is 0 Å². The van der Waals surface area contributed by atoms with E-state index >= 15 is 0 Å². The summed E-state index contributed by atoms with van der Waals surface area (Å²) in [7, 11) is 0. The molecule has 0 N–H and O–H groups in total. The highest BCUT2D eigenvalue weighted by atomic mass is 16.2. The predicted octanol–water partition coefficient (Wildman–Crippen LogP) is 3.61. The van der Waals surface area contributed by atoms with Gasteiger partial charge in [0.15, 0.2) is 0 Å². The molecule has 0 heterocycles. The third-order valence-corrected chi connectivity index (χ3v) is 2.66. The third-order valence-electron chi connectivity index (χ3n) is 2.66. The molecule has 0 rings (SSSR count). The van der Waals surface area contributed by atoms with E-state index in [1.807, 2.05) is 0 Å². The summed E-state index contributed by atoms with van der Waals surface area (Å²) in [4.78, 5) is 13.9. The first kappa shape index (κ1) is 14.5. The standard InChI is InChI=1S/C13H27NO/c1-4-7-10-13(15)14(11-8-5-2)12-9-6-3/h4-12H2,1-3H3. The van der Waals surface area contributed by atoms with Crippen molar-refractivity contribution in [3.8, 4) is 0 Å². The minimum atomic E-state index is 0.360. The fourth-order valence-electron chi connectivity index (χ4n) is 1.55. The van der Waals surface area contributed by atoms with Gasteiger partial charge < -0.3 is 4.90 Å². The van der Waals surface area contributed by atoms with Crippen LogP contribution in [0.25, 0.3) is 0 Å². The maximum absolute atomic E-state index is 11.8. The SMILES string of the molecule is CCCCC(=O)N(CCCC)CCCC. The number of carbonyl (C=O) groups excluding carboxylic acids is 1. The fourth-order valence-corrected chi connectivity index (χ4v) is 1.55. The lowest BCUT2D eigenvalue weighted by Crippen LogP contribution is -2.32. The summed E-state index contributed by atoms with van der Waals surface area (Å²) in [6, 6.07) is 0. The van der Waals surface area contributed by atoms with Crippen LogP contribution >= 0.6 is 0 Å². The van der Waals surface area contributed by atoms with Crippen molar-refractivity contribution in [2.75, 3.05) is 13.1 Å². The Labute approximate surface area is 95.0 Å². The van der Waals surface area contributed by atoms with Gasteiger partial charge in [-0.05, 0) is 19.3 Å². The van der Waals surface area contributed by atoms with Crippen molar-refractivity contribution in [1.82, 2.24) is 4.90 Å². The number of carbonyl (C=O) groups is 1. The van der Waals surface area contributed by atoms with Crippen LogP contribution in [0.5, 0.6) is 0 Å². The lowest BCUT2D eigenvalue weighted by molar-refractivity contribution is -0.131. The molecule has 2 heteroatoms. The predicted molar refractivity (Wildman–Crippen MR) is 65.9 cm³/mol. The van der Waals surface area contributed by atoms with E-state index in [4.69, 9.17) is 0 Å². The van der Waals surface area contributed by atoms with Gasteiger partial charge in [0, 0.05) is 19.5 Å². The Kier molecular flexibility index (Phi) is 9.65. The third kappa shape index (κ3) is 7.40. The van der Waals surface area contributed by atoms with Crippen LogP contribution in [0.1, 0.15) is 65.7 Å². The maximum atomic E-state index is 11.8.